The molecule has 3 heterocycles. The SMILES string of the molecule is CCOC(=O)[C@](CC)(OC(=O)[C@H]1CCCC[C@H]1C(=O)Nc1ccccc1)c1cc2n(c(=O)c1C#N)CCC21OCCO1. The summed E-state index contributed by atoms with van der Waals surface area (Å²) in [5, 5.41) is 13.0. The van der Waals surface area contributed by atoms with Gasteiger partial charge in [-0.1, -0.05) is 38.0 Å². The molecule has 1 N–H and O–H groups in total. The number of pyridine rings is 1. The molecule has 0 radical (unpaired) electrons. The van der Waals surface area contributed by atoms with Crippen molar-refractivity contribution < 1.29 is 33.3 Å². The number of ether oxygens (including phenoxy) is 4. The topological polar surface area (TPSA) is 146 Å². The molecule has 0 bridgehead atoms. The molecule has 0 unspecified atom stereocenters. The fourth-order valence-electron chi connectivity index (χ4n) is 6.34. The molecule has 1 saturated heterocycles. The van der Waals surface area contributed by atoms with E-state index in [1.165, 1.54) is 10.6 Å². The van der Waals surface area contributed by atoms with E-state index < -0.39 is 40.7 Å². The molecular formula is C31H35N3O8. The average Bonchev–Trinajstić information content (AvgIpc) is 3.64. The zero-order chi connectivity index (χ0) is 29.9. The summed E-state index contributed by atoms with van der Waals surface area (Å²) in [6.07, 6.45) is 2.56. The normalized spacial score (nSPS) is 22.0. The van der Waals surface area contributed by atoms with E-state index >= 15 is 0 Å². The van der Waals surface area contributed by atoms with Crippen molar-refractivity contribution in [3.63, 3.8) is 0 Å². The third-order valence-electron chi connectivity index (χ3n) is 8.48. The summed E-state index contributed by atoms with van der Waals surface area (Å²) in [4.78, 5) is 54.6. The lowest BCUT2D eigenvalue weighted by Crippen LogP contribution is -2.47. The number of nitrogens with zero attached hydrogens (tertiary/aromatic N) is 2. The van der Waals surface area contributed by atoms with Crippen molar-refractivity contribution in [1.29, 1.82) is 5.26 Å². The van der Waals surface area contributed by atoms with Gasteiger partial charge in [0.25, 0.3) is 5.56 Å². The summed E-state index contributed by atoms with van der Waals surface area (Å²) in [5.41, 5.74) is -2.16. The van der Waals surface area contributed by atoms with E-state index in [1.807, 2.05) is 12.1 Å². The Kier molecular flexibility index (Phi) is 8.48. The maximum atomic E-state index is 14.0. The van der Waals surface area contributed by atoms with Crippen molar-refractivity contribution in [2.75, 3.05) is 25.1 Å². The first-order chi connectivity index (χ1) is 20.3. The van der Waals surface area contributed by atoms with Gasteiger partial charge in [-0.15, -0.1) is 0 Å². The first-order valence-corrected chi connectivity index (χ1v) is 14.5. The summed E-state index contributed by atoms with van der Waals surface area (Å²) >= 11 is 0. The van der Waals surface area contributed by atoms with Gasteiger partial charge < -0.3 is 28.8 Å². The fourth-order valence-corrected chi connectivity index (χ4v) is 6.34. The second kappa shape index (κ2) is 12.1. The highest BCUT2D eigenvalue weighted by Crippen LogP contribution is 2.43. The van der Waals surface area contributed by atoms with E-state index in [2.05, 4.69) is 5.32 Å². The van der Waals surface area contributed by atoms with Crippen molar-refractivity contribution in [2.45, 2.75) is 70.3 Å². The molecule has 11 heteroatoms. The van der Waals surface area contributed by atoms with Gasteiger partial charge in [-0.2, -0.15) is 5.26 Å². The molecule has 11 nitrogen and oxygen atoms in total. The number of para-hydroxylation sites is 1. The molecule has 1 spiro atoms. The van der Waals surface area contributed by atoms with Crippen LogP contribution >= 0.6 is 0 Å². The average molecular weight is 578 g/mol. The molecule has 3 aliphatic rings. The predicted molar refractivity (Wildman–Crippen MR) is 149 cm³/mol. The molecule has 2 fully saturated rings. The predicted octanol–water partition coefficient (Wildman–Crippen LogP) is 3.48. The number of hydrogen-bond acceptors (Lipinski definition) is 9. The van der Waals surface area contributed by atoms with Crippen molar-refractivity contribution in [3.8, 4) is 6.07 Å². The number of carbonyl (C=O) groups excluding carboxylic acids is 3. The van der Waals surface area contributed by atoms with Crippen LogP contribution in [-0.4, -0.2) is 42.2 Å². The Morgan fingerprint density at radius 3 is 2.45 bits per heavy atom. The number of esters is 2. The first-order valence-electron chi connectivity index (χ1n) is 14.5. The summed E-state index contributed by atoms with van der Waals surface area (Å²) in [6.45, 7) is 4.12. The molecule has 2 aliphatic heterocycles. The van der Waals surface area contributed by atoms with Gasteiger partial charge in [-0.05, 0) is 44.4 Å². The van der Waals surface area contributed by atoms with Crippen LogP contribution < -0.4 is 10.9 Å². The van der Waals surface area contributed by atoms with Gasteiger partial charge in [0.1, 0.15) is 11.6 Å². The van der Waals surface area contributed by atoms with E-state index in [4.69, 9.17) is 18.9 Å². The number of fused-ring (bicyclic) bond motifs is 2. The van der Waals surface area contributed by atoms with Gasteiger partial charge in [-0.25, -0.2) is 4.79 Å². The van der Waals surface area contributed by atoms with Crippen LogP contribution in [0, 0.1) is 23.2 Å². The number of anilines is 1. The minimum atomic E-state index is -2.10. The second-order valence-electron chi connectivity index (χ2n) is 10.8. The van der Waals surface area contributed by atoms with Crippen LogP contribution in [0.1, 0.15) is 69.2 Å². The Morgan fingerprint density at radius 1 is 1.12 bits per heavy atom. The Morgan fingerprint density at radius 2 is 1.81 bits per heavy atom. The molecular weight excluding hydrogens is 542 g/mol. The van der Waals surface area contributed by atoms with E-state index in [-0.39, 0.29) is 36.6 Å². The molecule has 42 heavy (non-hydrogen) atoms. The summed E-state index contributed by atoms with van der Waals surface area (Å²) in [6, 6.07) is 12.4. The monoisotopic (exact) mass is 577 g/mol. The summed E-state index contributed by atoms with van der Waals surface area (Å²) in [7, 11) is 0. The number of hydrogen-bond donors (Lipinski definition) is 1. The molecule has 3 atom stereocenters. The van der Waals surface area contributed by atoms with Gasteiger partial charge in [0, 0.05) is 24.2 Å². The van der Waals surface area contributed by atoms with Crippen LogP contribution in [-0.2, 0) is 51.3 Å². The Bertz CT molecular complexity index is 1460. The molecule has 1 aromatic carbocycles. The van der Waals surface area contributed by atoms with Crippen molar-refractivity contribution in [2.24, 2.45) is 11.8 Å². The van der Waals surface area contributed by atoms with Crippen molar-refractivity contribution in [3.05, 3.63) is 63.6 Å². The number of aromatic nitrogens is 1. The Balaban J connectivity index is 1.55. The van der Waals surface area contributed by atoms with E-state index in [1.54, 1.807) is 38.1 Å². The van der Waals surface area contributed by atoms with Crippen LogP contribution in [0.4, 0.5) is 5.69 Å². The summed E-state index contributed by atoms with van der Waals surface area (Å²) < 4.78 is 24.7. The maximum Gasteiger partial charge on any atom is 0.355 e. The highest BCUT2D eigenvalue weighted by atomic mass is 16.7. The van der Waals surface area contributed by atoms with Crippen LogP contribution in [0.2, 0.25) is 0 Å². The maximum absolute atomic E-state index is 14.0. The number of carbonyl (C=O) groups is 3. The molecule has 1 aromatic heterocycles. The standard InChI is InChI=1S/C31H35N3O8/c1-3-30(29(38)39-4-2,24-18-25-31(40-16-17-41-31)14-15-34(25)27(36)23(24)19-32)42-28(37)22-13-9-8-12-21(22)26(35)33-20-10-6-5-7-11-20/h5-7,10-11,18,21-22H,3-4,8-9,12-17H2,1-2H3,(H,33,35)/t21-,22+,30-/m1/s1. The Hall–Kier alpha value is -4.01. The lowest BCUT2D eigenvalue weighted by molar-refractivity contribution is -0.190. The molecule has 1 aliphatic carbocycles. The lowest BCUT2D eigenvalue weighted by Gasteiger charge is -2.36. The number of amides is 1. The van der Waals surface area contributed by atoms with Crippen molar-refractivity contribution >= 4 is 23.5 Å². The van der Waals surface area contributed by atoms with Gasteiger partial charge in [0.15, 0.2) is 0 Å². The van der Waals surface area contributed by atoms with Gasteiger partial charge in [0.05, 0.1) is 37.4 Å². The smallest absolute Gasteiger partial charge is 0.355 e. The molecule has 222 valence electrons. The second-order valence-corrected chi connectivity index (χ2v) is 10.8. The van der Waals surface area contributed by atoms with Crippen LogP contribution in [0.3, 0.4) is 0 Å². The van der Waals surface area contributed by atoms with Gasteiger partial charge in [-0.3, -0.25) is 14.4 Å². The Labute approximate surface area is 243 Å². The van der Waals surface area contributed by atoms with Crippen molar-refractivity contribution in [1.82, 2.24) is 4.57 Å². The zero-order valence-electron chi connectivity index (χ0n) is 23.9. The minimum Gasteiger partial charge on any atom is -0.463 e. The number of benzene rings is 1. The zero-order valence-corrected chi connectivity index (χ0v) is 23.9. The summed E-state index contributed by atoms with van der Waals surface area (Å²) in [5.74, 6) is -4.69. The number of rotatable bonds is 8. The minimum absolute atomic E-state index is 0.0222. The van der Waals surface area contributed by atoms with Crippen LogP contribution in [0.15, 0.2) is 41.2 Å². The lowest BCUT2D eigenvalue weighted by atomic mass is 9.78. The fraction of sp³-hybridized carbons (Fsp3) is 0.516. The van der Waals surface area contributed by atoms with E-state index in [0.717, 1.165) is 6.42 Å². The highest BCUT2D eigenvalue weighted by molar-refractivity contribution is 5.96. The first kappa shape index (κ1) is 29.5. The highest BCUT2D eigenvalue weighted by Gasteiger charge is 2.52. The van der Waals surface area contributed by atoms with Crippen LogP contribution in [0.25, 0.3) is 0 Å². The number of nitrogens with one attached hydrogen (secondary N) is 1. The van der Waals surface area contributed by atoms with Crippen LogP contribution in [0.5, 0.6) is 0 Å². The third-order valence-corrected chi connectivity index (χ3v) is 8.48. The number of nitriles is 1. The van der Waals surface area contributed by atoms with E-state index in [9.17, 15) is 24.4 Å². The quantitative estimate of drug-likeness (QED) is 0.466. The molecule has 1 saturated carbocycles. The van der Waals surface area contributed by atoms with E-state index in [0.29, 0.717) is 50.3 Å². The molecule has 2 aromatic rings. The third kappa shape index (κ3) is 5.10. The van der Waals surface area contributed by atoms with Gasteiger partial charge in [0.2, 0.25) is 17.3 Å². The van der Waals surface area contributed by atoms with Gasteiger partial charge >= 0.3 is 11.9 Å². The molecule has 5 rings (SSSR count). The molecule has 1 amide bonds. The largest absolute Gasteiger partial charge is 0.463 e.